The number of benzene rings is 1. The molecule has 90 valence electrons. The first-order chi connectivity index (χ1) is 8.65. The molecule has 2 heterocycles. The zero-order valence-electron chi connectivity index (χ0n) is 9.58. The van der Waals surface area contributed by atoms with E-state index in [1.807, 2.05) is 13.1 Å². The maximum atomic E-state index is 10.9. The highest BCUT2D eigenvalue weighted by atomic mass is 16.4. The van der Waals surface area contributed by atoms with Gasteiger partial charge in [-0.15, -0.1) is 0 Å². The van der Waals surface area contributed by atoms with E-state index in [9.17, 15) is 4.79 Å². The van der Waals surface area contributed by atoms with E-state index < -0.39 is 5.97 Å². The summed E-state index contributed by atoms with van der Waals surface area (Å²) in [7, 11) is 1.82. The van der Waals surface area contributed by atoms with Crippen LogP contribution < -0.4 is 0 Å². The Hall–Kier alpha value is -2.63. The largest absolute Gasteiger partial charge is 0.478 e. The SMILES string of the molecule is Cn1nccc1-c1nc2ccc(C(=O)O)cc2[nH]1. The van der Waals surface area contributed by atoms with Crippen molar-refractivity contribution in [2.45, 2.75) is 0 Å². The summed E-state index contributed by atoms with van der Waals surface area (Å²) in [5.41, 5.74) is 2.52. The van der Waals surface area contributed by atoms with Gasteiger partial charge in [0.2, 0.25) is 0 Å². The molecule has 0 fully saturated rings. The van der Waals surface area contributed by atoms with Crippen molar-refractivity contribution in [1.82, 2.24) is 19.7 Å². The first kappa shape index (κ1) is 10.5. The monoisotopic (exact) mass is 242 g/mol. The Bertz CT molecular complexity index is 741. The number of fused-ring (bicyclic) bond motifs is 1. The fraction of sp³-hybridized carbons (Fsp3) is 0.0833. The number of nitrogens with zero attached hydrogens (tertiary/aromatic N) is 3. The van der Waals surface area contributed by atoms with Crippen LogP contribution >= 0.6 is 0 Å². The Labute approximate surface area is 102 Å². The number of aromatic nitrogens is 4. The molecule has 0 unspecified atom stereocenters. The minimum Gasteiger partial charge on any atom is -0.478 e. The van der Waals surface area contributed by atoms with Crippen LogP contribution in [0.1, 0.15) is 10.4 Å². The third kappa shape index (κ3) is 1.55. The minimum absolute atomic E-state index is 0.239. The van der Waals surface area contributed by atoms with Crippen LogP contribution in [0.5, 0.6) is 0 Å². The van der Waals surface area contributed by atoms with E-state index in [-0.39, 0.29) is 5.56 Å². The number of hydrogen-bond acceptors (Lipinski definition) is 3. The normalized spacial score (nSPS) is 10.9. The second-order valence-electron chi connectivity index (χ2n) is 3.96. The standard InChI is InChI=1S/C12H10N4O2/c1-16-10(4-5-13-16)11-14-8-3-2-7(12(17)18)6-9(8)15-11/h2-6H,1H3,(H,14,15)(H,17,18). The van der Waals surface area contributed by atoms with Crippen molar-refractivity contribution < 1.29 is 9.90 Å². The van der Waals surface area contributed by atoms with E-state index in [1.165, 1.54) is 0 Å². The third-order valence-corrected chi connectivity index (χ3v) is 2.79. The number of nitrogens with one attached hydrogen (secondary N) is 1. The lowest BCUT2D eigenvalue weighted by atomic mass is 10.2. The van der Waals surface area contributed by atoms with Crippen molar-refractivity contribution in [3.05, 3.63) is 36.0 Å². The molecule has 0 aliphatic heterocycles. The summed E-state index contributed by atoms with van der Waals surface area (Å²) in [5, 5.41) is 13.0. The van der Waals surface area contributed by atoms with Gasteiger partial charge in [0.15, 0.2) is 5.82 Å². The van der Waals surface area contributed by atoms with Crippen molar-refractivity contribution in [2.24, 2.45) is 7.05 Å². The van der Waals surface area contributed by atoms with Gasteiger partial charge in [-0.2, -0.15) is 5.10 Å². The van der Waals surface area contributed by atoms with Crippen LogP contribution in [-0.4, -0.2) is 30.8 Å². The number of hydrogen-bond donors (Lipinski definition) is 2. The molecule has 6 nitrogen and oxygen atoms in total. The summed E-state index contributed by atoms with van der Waals surface area (Å²) in [6, 6.07) is 6.65. The summed E-state index contributed by atoms with van der Waals surface area (Å²) < 4.78 is 1.70. The summed E-state index contributed by atoms with van der Waals surface area (Å²) in [6.45, 7) is 0. The molecule has 0 atom stereocenters. The van der Waals surface area contributed by atoms with Crippen molar-refractivity contribution in [2.75, 3.05) is 0 Å². The smallest absolute Gasteiger partial charge is 0.335 e. The van der Waals surface area contributed by atoms with Crippen LogP contribution in [0.15, 0.2) is 30.5 Å². The highest BCUT2D eigenvalue weighted by molar-refractivity contribution is 5.92. The van der Waals surface area contributed by atoms with Crippen LogP contribution in [0, 0.1) is 0 Å². The van der Waals surface area contributed by atoms with Gasteiger partial charge in [0.25, 0.3) is 0 Å². The minimum atomic E-state index is -0.950. The van der Waals surface area contributed by atoms with Gasteiger partial charge in [0.1, 0.15) is 5.69 Å². The Morgan fingerprint density at radius 1 is 1.39 bits per heavy atom. The highest BCUT2D eigenvalue weighted by Gasteiger charge is 2.10. The molecule has 18 heavy (non-hydrogen) atoms. The van der Waals surface area contributed by atoms with Gasteiger partial charge in [-0.25, -0.2) is 9.78 Å². The molecule has 0 aliphatic rings. The Balaban J connectivity index is 2.17. The number of carboxylic acid groups (broad SMARTS) is 1. The summed E-state index contributed by atoms with van der Waals surface area (Å²) in [4.78, 5) is 18.4. The van der Waals surface area contributed by atoms with Gasteiger partial charge in [-0.05, 0) is 24.3 Å². The van der Waals surface area contributed by atoms with Gasteiger partial charge in [0.05, 0.1) is 16.6 Å². The lowest BCUT2D eigenvalue weighted by molar-refractivity contribution is 0.0697. The lowest BCUT2D eigenvalue weighted by Gasteiger charge is -1.95. The molecular formula is C12H10N4O2. The average Bonchev–Trinajstić information content (AvgIpc) is 2.92. The zero-order chi connectivity index (χ0) is 12.7. The quantitative estimate of drug-likeness (QED) is 0.715. The van der Waals surface area contributed by atoms with E-state index >= 15 is 0 Å². The second kappa shape index (κ2) is 3.69. The van der Waals surface area contributed by atoms with E-state index in [0.717, 1.165) is 11.2 Å². The van der Waals surface area contributed by atoms with E-state index in [0.29, 0.717) is 11.3 Å². The molecule has 3 aromatic rings. The van der Waals surface area contributed by atoms with Crippen molar-refractivity contribution >= 4 is 17.0 Å². The molecule has 0 aliphatic carbocycles. The maximum absolute atomic E-state index is 10.9. The predicted molar refractivity (Wildman–Crippen MR) is 65.3 cm³/mol. The lowest BCUT2D eigenvalue weighted by Crippen LogP contribution is -1.94. The molecule has 0 spiro atoms. The third-order valence-electron chi connectivity index (χ3n) is 2.79. The first-order valence-electron chi connectivity index (χ1n) is 5.36. The number of carboxylic acids is 1. The van der Waals surface area contributed by atoms with Crippen LogP contribution in [0.25, 0.3) is 22.6 Å². The molecule has 3 rings (SSSR count). The molecule has 0 saturated carbocycles. The van der Waals surface area contributed by atoms with Crippen molar-refractivity contribution in [1.29, 1.82) is 0 Å². The van der Waals surface area contributed by atoms with Gasteiger partial charge in [-0.3, -0.25) is 4.68 Å². The van der Waals surface area contributed by atoms with E-state index in [2.05, 4.69) is 15.1 Å². The molecular weight excluding hydrogens is 232 g/mol. The number of carbonyl (C=O) groups is 1. The molecule has 0 amide bonds. The Morgan fingerprint density at radius 2 is 2.22 bits per heavy atom. The van der Waals surface area contributed by atoms with E-state index in [4.69, 9.17) is 5.11 Å². The second-order valence-corrected chi connectivity index (χ2v) is 3.96. The Morgan fingerprint density at radius 3 is 2.89 bits per heavy atom. The zero-order valence-corrected chi connectivity index (χ0v) is 9.58. The molecule has 0 bridgehead atoms. The molecule has 1 aromatic carbocycles. The highest BCUT2D eigenvalue weighted by Crippen LogP contribution is 2.20. The molecule has 2 aromatic heterocycles. The number of aromatic amines is 1. The molecule has 2 N–H and O–H groups in total. The van der Waals surface area contributed by atoms with Gasteiger partial charge >= 0.3 is 5.97 Å². The van der Waals surface area contributed by atoms with Crippen LogP contribution in [-0.2, 0) is 7.05 Å². The van der Waals surface area contributed by atoms with E-state index in [1.54, 1.807) is 29.1 Å². The molecule has 6 heteroatoms. The van der Waals surface area contributed by atoms with Crippen molar-refractivity contribution in [3.8, 4) is 11.5 Å². The number of imidazole rings is 1. The molecule has 0 saturated heterocycles. The molecule has 0 radical (unpaired) electrons. The van der Waals surface area contributed by atoms with Gasteiger partial charge in [0, 0.05) is 13.2 Å². The van der Waals surface area contributed by atoms with Crippen molar-refractivity contribution in [3.63, 3.8) is 0 Å². The Kier molecular flexibility index (Phi) is 2.16. The number of H-pyrrole nitrogens is 1. The average molecular weight is 242 g/mol. The number of aromatic carboxylic acids is 1. The summed E-state index contributed by atoms with van der Waals surface area (Å²) in [6.07, 6.45) is 1.69. The maximum Gasteiger partial charge on any atom is 0.335 e. The fourth-order valence-electron chi connectivity index (χ4n) is 1.87. The summed E-state index contributed by atoms with van der Waals surface area (Å²) >= 11 is 0. The van der Waals surface area contributed by atoms with Crippen LogP contribution in [0.2, 0.25) is 0 Å². The number of rotatable bonds is 2. The van der Waals surface area contributed by atoms with Crippen LogP contribution in [0.4, 0.5) is 0 Å². The van der Waals surface area contributed by atoms with Gasteiger partial charge in [-0.1, -0.05) is 0 Å². The van der Waals surface area contributed by atoms with Crippen LogP contribution in [0.3, 0.4) is 0 Å². The fourth-order valence-corrected chi connectivity index (χ4v) is 1.87. The van der Waals surface area contributed by atoms with Gasteiger partial charge < -0.3 is 10.1 Å². The first-order valence-corrected chi connectivity index (χ1v) is 5.36. The number of aryl methyl sites for hydroxylation is 1. The summed E-state index contributed by atoms with van der Waals surface area (Å²) in [5.74, 6) is -0.277. The predicted octanol–water partition coefficient (Wildman–Crippen LogP) is 1.66. The topological polar surface area (TPSA) is 83.8 Å².